The standard InChI is InChI=1S/C29H36N4O3/c1-18(22-2-3-25-26(11-22)36-7-6-35-25)33-5-4-23-24(16-33)30-17-31-28(23)32-27(34)15-29-12-19-8-20(13-29)10-21(9-19)14-29/h2-3,11,17-21H,4-10,12-16H2,1H3,(H,30,31,32,34). The van der Waals surface area contributed by atoms with Gasteiger partial charge in [0, 0.05) is 31.1 Å². The van der Waals surface area contributed by atoms with Gasteiger partial charge >= 0.3 is 0 Å². The Morgan fingerprint density at radius 3 is 2.56 bits per heavy atom. The first kappa shape index (κ1) is 22.5. The maximum Gasteiger partial charge on any atom is 0.226 e. The quantitative estimate of drug-likeness (QED) is 0.644. The van der Waals surface area contributed by atoms with E-state index in [4.69, 9.17) is 9.47 Å². The molecule has 1 amide bonds. The summed E-state index contributed by atoms with van der Waals surface area (Å²) in [7, 11) is 0. The molecule has 4 saturated carbocycles. The highest BCUT2D eigenvalue weighted by atomic mass is 16.6. The van der Waals surface area contributed by atoms with Crippen LogP contribution in [0.2, 0.25) is 0 Å². The number of amides is 1. The molecule has 0 radical (unpaired) electrons. The Labute approximate surface area is 213 Å². The molecule has 0 saturated heterocycles. The van der Waals surface area contributed by atoms with Crippen LogP contribution >= 0.6 is 0 Å². The molecule has 1 aromatic heterocycles. The summed E-state index contributed by atoms with van der Waals surface area (Å²) in [5.41, 5.74) is 3.57. The van der Waals surface area contributed by atoms with Crippen LogP contribution in [0.4, 0.5) is 5.82 Å². The third-order valence-corrected chi connectivity index (χ3v) is 9.59. The summed E-state index contributed by atoms with van der Waals surface area (Å²) in [6, 6.07) is 6.46. The van der Waals surface area contributed by atoms with Crippen LogP contribution in [0.1, 0.15) is 74.7 Å². The number of nitrogens with zero attached hydrogens (tertiary/aromatic N) is 3. The molecular weight excluding hydrogens is 452 g/mol. The molecule has 1 N–H and O–H groups in total. The van der Waals surface area contributed by atoms with Gasteiger partial charge in [-0.05, 0) is 92.7 Å². The van der Waals surface area contributed by atoms with E-state index >= 15 is 0 Å². The van der Waals surface area contributed by atoms with E-state index in [0.29, 0.717) is 19.6 Å². The molecule has 6 aliphatic rings. The van der Waals surface area contributed by atoms with Gasteiger partial charge in [-0.25, -0.2) is 9.97 Å². The van der Waals surface area contributed by atoms with Gasteiger partial charge in [-0.2, -0.15) is 0 Å². The van der Waals surface area contributed by atoms with Crippen molar-refractivity contribution in [2.45, 2.75) is 70.9 Å². The Bertz CT molecular complexity index is 1150. The molecule has 36 heavy (non-hydrogen) atoms. The summed E-state index contributed by atoms with van der Waals surface area (Å²) in [5.74, 6) is 5.10. The summed E-state index contributed by atoms with van der Waals surface area (Å²) in [6.45, 7) is 5.06. The summed E-state index contributed by atoms with van der Waals surface area (Å²) in [4.78, 5) is 24.8. The van der Waals surface area contributed by atoms with Crippen molar-refractivity contribution in [3.8, 4) is 11.5 Å². The van der Waals surface area contributed by atoms with Crippen molar-refractivity contribution >= 4 is 11.7 Å². The largest absolute Gasteiger partial charge is 0.486 e. The van der Waals surface area contributed by atoms with Crippen molar-refractivity contribution in [3.05, 3.63) is 41.3 Å². The molecule has 8 rings (SSSR count). The molecule has 0 spiro atoms. The molecule has 1 atom stereocenters. The molecule has 7 heteroatoms. The van der Waals surface area contributed by atoms with Crippen molar-refractivity contribution in [2.24, 2.45) is 23.2 Å². The summed E-state index contributed by atoms with van der Waals surface area (Å²) in [5, 5.41) is 3.22. The molecule has 2 aliphatic heterocycles. The van der Waals surface area contributed by atoms with Gasteiger partial charge in [-0.15, -0.1) is 0 Å². The lowest BCUT2D eigenvalue weighted by molar-refractivity contribution is -0.124. The van der Waals surface area contributed by atoms with E-state index in [0.717, 1.165) is 65.8 Å². The minimum Gasteiger partial charge on any atom is -0.486 e. The minimum atomic E-state index is 0.143. The third-order valence-electron chi connectivity index (χ3n) is 9.59. The van der Waals surface area contributed by atoms with E-state index in [1.165, 1.54) is 44.1 Å². The van der Waals surface area contributed by atoms with E-state index < -0.39 is 0 Å². The number of rotatable bonds is 5. The minimum absolute atomic E-state index is 0.143. The predicted molar refractivity (Wildman–Crippen MR) is 136 cm³/mol. The van der Waals surface area contributed by atoms with Gasteiger partial charge in [0.05, 0.1) is 5.69 Å². The van der Waals surface area contributed by atoms with Crippen LogP contribution in [0.5, 0.6) is 11.5 Å². The zero-order valence-electron chi connectivity index (χ0n) is 21.2. The van der Waals surface area contributed by atoms with Gasteiger partial charge < -0.3 is 14.8 Å². The number of aromatic nitrogens is 2. The first-order valence-electron chi connectivity index (χ1n) is 13.8. The van der Waals surface area contributed by atoms with E-state index in [9.17, 15) is 4.79 Å². The van der Waals surface area contributed by atoms with E-state index in [1.54, 1.807) is 6.33 Å². The fraction of sp³-hybridized carbons (Fsp3) is 0.621. The van der Waals surface area contributed by atoms with Gasteiger partial charge in [0.25, 0.3) is 0 Å². The van der Waals surface area contributed by atoms with Crippen LogP contribution in [0, 0.1) is 23.2 Å². The number of nitrogens with one attached hydrogen (secondary N) is 1. The molecule has 7 nitrogen and oxygen atoms in total. The molecule has 2 aromatic rings. The van der Waals surface area contributed by atoms with Gasteiger partial charge in [0.15, 0.2) is 11.5 Å². The normalized spacial score (nSPS) is 31.1. The second-order valence-electron chi connectivity index (χ2n) is 12.1. The number of carbonyl (C=O) groups is 1. The molecular formula is C29H36N4O3. The van der Waals surface area contributed by atoms with Gasteiger partial charge in [0.1, 0.15) is 25.4 Å². The van der Waals surface area contributed by atoms with Crippen LogP contribution in [0.25, 0.3) is 0 Å². The average molecular weight is 489 g/mol. The number of carbonyl (C=O) groups excluding carboxylic acids is 1. The Kier molecular flexibility index (Phi) is 5.45. The third kappa shape index (κ3) is 4.05. The van der Waals surface area contributed by atoms with Crippen molar-refractivity contribution in [1.29, 1.82) is 0 Å². The topological polar surface area (TPSA) is 76.6 Å². The van der Waals surface area contributed by atoms with Gasteiger partial charge in [-0.3, -0.25) is 9.69 Å². The number of anilines is 1. The van der Waals surface area contributed by atoms with Crippen LogP contribution in [-0.2, 0) is 17.8 Å². The number of benzene rings is 1. The Hall–Kier alpha value is -2.67. The van der Waals surface area contributed by atoms with E-state index in [2.05, 4.69) is 39.2 Å². The maximum absolute atomic E-state index is 13.3. The molecule has 190 valence electrons. The monoisotopic (exact) mass is 488 g/mol. The second-order valence-corrected chi connectivity index (χ2v) is 12.1. The second kappa shape index (κ2) is 8.72. The molecule has 4 aliphatic carbocycles. The highest BCUT2D eigenvalue weighted by molar-refractivity contribution is 5.91. The van der Waals surface area contributed by atoms with Crippen LogP contribution < -0.4 is 14.8 Å². The highest BCUT2D eigenvalue weighted by Crippen LogP contribution is 2.61. The number of ether oxygens (including phenoxy) is 2. The number of fused-ring (bicyclic) bond motifs is 2. The summed E-state index contributed by atoms with van der Waals surface area (Å²) in [6.07, 6.45) is 11.1. The van der Waals surface area contributed by atoms with E-state index in [-0.39, 0.29) is 17.4 Å². The van der Waals surface area contributed by atoms with E-state index in [1.807, 2.05) is 6.07 Å². The van der Waals surface area contributed by atoms with Crippen molar-refractivity contribution in [3.63, 3.8) is 0 Å². The first-order chi connectivity index (χ1) is 17.5. The van der Waals surface area contributed by atoms with Crippen molar-refractivity contribution in [1.82, 2.24) is 14.9 Å². The lowest BCUT2D eigenvalue weighted by atomic mass is 9.49. The van der Waals surface area contributed by atoms with Crippen molar-refractivity contribution < 1.29 is 14.3 Å². The maximum atomic E-state index is 13.3. The molecule has 1 aromatic carbocycles. The highest BCUT2D eigenvalue weighted by Gasteiger charge is 2.51. The average Bonchev–Trinajstić information content (AvgIpc) is 2.86. The zero-order chi connectivity index (χ0) is 24.3. The fourth-order valence-electron chi connectivity index (χ4n) is 8.37. The fourth-order valence-corrected chi connectivity index (χ4v) is 8.37. The molecule has 1 unspecified atom stereocenters. The SMILES string of the molecule is CC(c1ccc2c(c1)OCCO2)N1CCc2c(ncnc2NC(=O)CC23CC4CC(CC(C4)C2)C3)C1. The van der Waals surface area contributed by atoms with Crippen LogP contribution in [-0.4, -0.2) is 40.5 Å². The van der Waals surface area contributed by atoms with Crippen LogP contribution in [0.15, 0.2) is 24.5 Å². The summed E-state index contributed by atoms with van der Waals surface area (Å²) < 4.78 is 11.5. The van der Waals surface area contributed by atoms with Crippen molar-refractivity contribution in [2.75, 3.05) is 25.1 Å². The smallest absolute Gasteiger partial charge is 0.226 e. The summed E-state index contributed by atoms with van der Waals surface area (Å²) >= 11 is 0. The Morgan fingerprint density at radius 1 is 1.08 bits per heavy atom. The Balaban J connectivity index is 1.04. The van der Waals surface area contributed by atoms with Crippen LogP contribution in [0.3, 0.4) is 0 Å². The van der Waals surface area contributed by atoms with Gasteiger partial charge in [0.2, 0.25) is 5.91 Å². The molecule has 4 bridgehead atoms. The number of hydrogen-bond donors (Lipinski definition) is 1. The zero-order valence-corrected chi connectivity index (χ0v) is 21.2. The molecule has 3 heterocycles. The predicted octanol–water partition coefficient (Wildman–Crippen LogP) is 4.91. The first-order valence-corrected chi connectivity index (χ1v) is 13.8. The lowest BCUT2D eigenvalue weighted by Gasteiger charge is -2.56. The molecule has 4 fully saturated rings. The van der Waals surface area contributed by atoms with Gasteiger partial charge in [-0.1, -0.05) is 6.07 Å². The Morgan fingerprint density at radius 2 is 1.81 bits per heavy atom. The number of hydrogen-bond acceptors (Lipinski definition) is 6. The lowest BCUT2D eigenvalue weighted by Crippen LogP contribution is -2.47.